The Bertz CT molecular complexity index is 496. The van der Waals surface area contributed by atoms with E-state index in [-0.39, 0.29) is 12.4 Å². The Kier molecular flexibility index (Phi) is 2.87. The molecule has 2 N–H and O–H groups in total. The van der Waals surface area contributed by atoms with Crippen LogP contribution in [0.25, 0.3) is 11.3 Å². The number of aliphatic hydroxyl groups excluding tert-OH is 1. The number of hydrogen-bond donors (Lipinski definition) is 2. The SMILES string of the molecule is COc1ccc(F)cc1-c1cnc(CO)[nH]1. The van der Waals surface area contributed by atoms with E-state index in [0.29, 0.717) is 22.8 Å². The highest BCUT2D eigenvalue weighted by Crippen LogP contribution is 2.29. The number of H-pyrrole nitrogens is 1. The lowest BCUT2D eigenvalue weighted by atomic mass is 10.1. The van der Waals surface area contributed by atoms with Gasteiger partial charge in [-0.15, -0.1) is 0 Å². The lowest BCUT2D eigenvalue weighted by molar-refractivity contribution is 0.272. The van der Waals surface area contributed by atoms with Crippen molar-refractivity contribution in [3.8, 4) is 17.0 Å². The van der Waals surface area contributed by atoms with E-state index in [4.69, 9.17) is 9.84 Å². The highest BCUT2D eigenvalue weighted by molar-refractivity contribution is 5.66. The molecule has 0 amide bonds. The summed E-state index contributed by atoms with van der Waals surface area (Å²) in [5.41, 5.74) is 1.19. The monoisotopic (exact) mass is 222 g/mol. The predicted octanol–water partition coefficient (Wildman–Crippen LogP) is 1.72. The van der Waals surface area contributed by atoms with Crippen molar-refractivity contribution >= 4 is 0 Å². The number of hydrogen-bond acceptors (Lipinski definition) is 3. The zero-order valence-corrected chi connectivity index (χ0v) is 8.70. The van der Waals surface area contributed by atoms with Gasteiger partial charge in [-0.3, -0.25) is 0 Å². The molecule has 0 fully saturated rings. The minimum Gasteiger partial charge on any atom is -0.496 e. The van der Waals surface area contributed by atoms with E-state index >= 15 is 0 Å². The van der Waals surface area contributed by atoms with Crippen molar-refractivity contribution in [3.63, 3.8) is 0 Å². The summed E-state index contributed by atoms with van der Waals surface area (Å²) in [4.78, 5) is 6.81. The zero-order chi connectivity index (χ0) is 11.5. The molecule has 0 saturated heterocycles. The van der Waals surface area contributed by atoms with Crippen molar-refractivity contribution in [1.29, 1.82) is 0 Å². The van der Waals surface area contributed by atoms with Gasteiger partial charge in [0, 0.05) is 5.56 Å². The van der Waals surface area contributed by atoms with Gasteiger partial charge in [-0.2, -0.15) is 0 Å². The molecule has 4 nitrogen and oxygen atoms in total. The molecule has 0 saturated carbocycles. The summed E-state index contributed by atoms with van der Waals surface area (Å²) in [6.07, 6.45) is 1.53. The molecule has 0 spiro atoms. The summed E-state index contributed by atoms with van der Waals surface area (Å²) in [6, 6.07) is 4.23. The van der Waals surface area contributed by atoms with Gasteiger partial charge < -0.3 is 14.8 Å². The van der Waals surface area contributed by atoms with Crippen LogP contribution in [0.3, 0.4) is 0 Å². The van der Waals surface area contributed by atoms with E-state index in [1.165, 1.54) is 25.4 Å². The first-order valence-electron chi connectivity index (χ1n) is 4.73. The van der Waals surface area contributed by atoms with Gasteiger partial charge in [0.05, 0.1) is 19.0 Å². The minimum atomic E-state index is -0.351. The van der Waals surface area contributed by atoms with Crippen LogP contribution >= 0.6 is 0 Å². The maximum atomic E-state index is 13.1. The lowest BCUT2D eigenvalue weighted by Gasteiger charge is -2.06. The maximum Gasteiger partial charge on any atom is 0.132 e. The van der Waals surface area contributed by atoms with Gasteiger partial charge in [-0.25, -0.2) is 9.37 Å². The molecule has 0 aliphatic carbocycles. The van der Waals surface area contributed by atoms with E-state index in [1.54, 1.807) is 6.07 Å². The molecular formula is C11H11FN2O2. The molecule has 84 valence electrons. The normalized spacial score (nSPS) is 10.4. The average Bonchev–Trinajstić information content (AvgIpc) is 2.77. The van der Waals surface area contributed by atoms with Gasteiger partial charge in [0.25, 0.3) is 0 Å². The Labute approximate surface area is 91.7 Å². The van der Waals surface area contributed by atoms with E-state index in [9.17, 15) is 4.39 Å². The average molecular weight is 222 g/mol. The number of imidazole rings is 1. The van der Waals surface area contributed by atoms with Gasteiger partial charge in [0.15, 0.2) is 0 Å². The van der Waals surface area contributed by atoms with Crippen LogP contribution in [0.15, 0.2) is 24.4 Å². The van der Waals surface area contributed by atoms with Crippen LogP contribution < -0.4 is 4.74 Å². The molecule has 0 aliphatic heterocycles. The van der Waals surface area contributed by atoms with E-state index in [2.05, 4.69) is 9.97 Å². The fourth-order valence-corrected chi connectivity index (χ4v) is 1.47. The van der Waals surface area contributed by atoms with Crippen molar-refractivity contribution in [1.82, 2.24) is 9.97 Å². The molecule has 1 heterocycles. The number of nitrogens with zero attached hydrogens (tertiary/aromatic N) is 1. The number of aliphatic hydroxyl groups is 1. The molecular weight excluding hydrogens is 211 g/mol. The third-order valence-corrected chi connectivity index (χ3v) is 2.23. The Morgan fingerprint density at radius 3 is 2.94 bits per heavy atom. The number of halogens is 1. The molecule has 2 rings (SSSR count). The van der Waals surface area contributed by atoms with Crippen molar-refractivity contribution in [2.45, 2.75) is 6.61 Å². The number of ether oxygens (including phenoxy) is 1. The van der Waals surface area contributed by atoms with Crippen LogP contribution in [-0.2, 0) is 6.61 Å². The molecule has 2 aromatic rings. The van der Waals surface area contributed by atoms with Gasteiger partial charge in [0.1, 0.15) is 24.0 Å². The Hall–Kier alpha value is -1.88. The number of aromatic amines is 1. The number of methoxy groups -OCH3 is 1. The quantitative estimate of drug-likeness (QED) is 0.831. The van der Waals surface area contributed by atoms with Crippen molar-refractivity contribution in [2.75, 3.05) is 7.11 Å². The third-order valence-electron chi connectivity index (χ3n) is 2.23. The van der Waals surface area contributed by atoms with Gasteiger partial charge in [-0.1, -0.05) is 0 Å². The van der Waals surface area contributed by atoms with Crippen LogP contribution in [0, 0.1) is 5.82 Å². The second-order valence-corrected chi connectivity index (χ2v) is 3.25. The summed E-state index contributed by atoms with van der Waals surface area (Å²) in [5, 5.41) is 8.88. The van der Waals surface area contributed by atoms with Crippen LogP contribution in [0.2, 0.25) is 0 Å². The van der Waals surface area contributed by atoms with Gasteiger partial charge in [-0.05, 0) is 18.2 Å². The zero-order valence-electron chi connectivity index (χ0n) is 8.70. The summed E-state index contributed by atoms with van der Waals surface area (Å²) in [6.45, 7) is -0.183. The molecule has 1 aromatic carbocycles. The van der Waals surface area contributed by atoms with E-state index < -0.39 is 0 Å². The molecule has 16 heavy (non-hydrogen) atoms. The predicted molar refractivity (Wildman–Crippen MR) is 56.5 cm³/mol. The molecule has 0 atom stereocenters. The van der Waals surface area contributed by atoms with Crippen molar-refractivity contribution in [2.24, 2.45) is 0 Å². The number of rotatable bonds is 3. The van der Waals surface area contributed by atoms with Gasteiger partial charge >= 0.3 is 0 Å². The van der Waals surface area contributed by atoms with Crippen LogP contribution in [-0.4, -0.2) is 22.2 Å². The molecule has 0 aliphatic rings. The highest BCUT2D eigenvalue weighted by atomic mass is 19.1. The van der Waals surface area contributed by atoms with Crippen molar-refractivity contribution < 1.29 is 14.2 Å². The smallest absolute Gasteiger partial charge is 0.132 e. The largest absolute Gasteiger partial charge is 0.496 e. The van der Waals surface area contributed by atoms with Crippen LogP contribution in [0.4, 0.5) is 4.39 Å². The summed E-state index contributed by atoms with van der Waals surface area (Å²) < 4.78 is 18.2. The fourth-order valence-electron chi connectivity index (χ4n) is 1.47. The molecule has 0 unspecified atom stereocenters. The Morgan fingerprint density at radius 1 is 1.50 bits per heavy atom. The first kappa shape index (κ1) is 10.6. The first-order chi connectivity index (χ1) is 7.74. The number of benzene rings is 1. The Balaban J connectivity index is 2.49. The molecule has 0 bridgehead atoms. The summed E-state index contributed by atoms with van der Waals surface area (Å²) in [5.74, 6) is 0.631. The summed E-state index contributed by atoms with van der Waals surface area (Å²) >= 11 is 0. The molecule has 0 radical (unpaired) electrons. The topological polar surface area (TPSA) is 58.1 Å². The third kappa shape index (κ3) is 1.90. The van der Waals surface area contributed by atoms with Crippen molar-refractivity contribution in [3.05, 3.63) is 36.0 Å². The maximum absolute atomic E-state index is 13.1. The second kappa shape index (κ2) is 4.32. The molecule has 5 heteroatoms. The molecule has 1 aromatic heterocycles. The second-order valence-electron chi connectivity index (χ2n) is 3.25. The number of nitrogens with one attached hydrogen (secondary N) is 1. The highest BCUT2D eigenvalue weighted by Gasteiger charge is 2.09. The summed E-state index contributed by atoms with van der Waals surface area (Å²) in [7, 11) is 1.51. The Morgan fingerprint density at radius 2 is 2.31 bits per heavy atom. The van der Waals surface area contributed by atoms with E-state index in [1.807, 2.05) is 0 Å². The van der Waals surface area contributed by atoms with Gasteiger partial charge in [0.2, 0.25) is 0 Å². The lowest BCUT2D eigenvalue weighted by Crippen LogP contribution is -1.90. The van der Waals surface area contributed by atoms with Crippen LogP contribution in [0.5, 0.6) is 5.75 Å². The number of aromatic nitrogens is 2. The van der Waals surface area contributed by atoms with Crippen LogP contribution in [0.1, 0.15) is 5.82 Å². The van der Waals surface area contributed by atoms with E-state index in [0.717, 1.165) is 0 Å². The standard InChI is InChI=1S/C11H11FN2O2/c1-16-10-3-2-7(12)4-8(10)9-5-13-11(6-15)14-9/h2-5,15H,6H2,1H3,(H,13,14). The first-order valence-corrected chi connectivity index (χ1v) is 4.73. The fraction of sp³-hybridized carbons (Fsp3) is 0.182. The minimum absolute atomic E-state index is 0.183.